The molecule has 8 bridgehead atoms. The molecule has 9 rings (SSSR count). The lowest BCUT2D eigenvalue weighted by Crippen LogP contribution is -1.97. The normalized spacial score (nSPS) is 11.9. The fourth-order valence-electron chi connectivity index (χ4n) is 8.42. The molecule has 0 saturated carbocycles. The van der Waals surface area contributed by atoms with Gasteiger partial charge in [0.2, 0.25) is 0 Å². The van der Waals surface area contributed by atoms with E-state index in [9.17, 15) is 0 Å². The van der Waals surface area contributed by atoms with Crippen LogP contribution in [-0.2, 0) is 0 Å². The molecule has 0 saturated heterocycles. The smallest absolute Gasteiger partial charge is 0.119 e. The molecule has 298 valence electrons. The molecule has 3 aromatic heterocycles. The Bertz CT molecular complexity index is 2750. The summed E-state index contributed by atoms with van der Waals surface area (Å²) < 4.78 is 6.25. The lowest BCUT2D eigenvalue weighted by Gasteiger charge is -2.09. The Balaban J connectivity index is 1.19. The first-order valence-corrected chi connectivity index (χ1v) is 22.0. The summed E-state index contributed by atoms with van der Waals surface area (Å²) in [6, 6.07) is 48.8. The average molecular weight is 803 g/mol. The number of unbranched alkanes of at least 4 members (excludes halogenated alkanes) is 7. The summed E-state index contributed by atoms with van der Waals surface area (Å²) in [6.45, 7) is 0.724. The second-order valence-corrected chi connectivity index (χ2v) is 16.0. The number of nitrogens with zero attached hydrogens (tertiary/aromatic N) is 2. The summed E-state index contributed by atoms with van der Waals surface area (Å²) >= 11 is 4.33. The van der Waals surface area contributed by atoms with E-state index < -0.39 is 0 Å². The van der Waals surface area contributed by atoms with Crippen LogP contribution >= 0.6 is 12.6 Å². The highest BCUT2D eigenvalue weighted by Gasteiger charge is 2.19. The number of fused-ring (bicyclic) bond motifs is 8. The van der Waals surface area contributed by atoms with Gasteiger partial charge in [-0.2, -0.15) is 12.6 Å². The third kappa shape index (κ3) is 8.66. The van der Waals surface area contributed by atoms with E-state index in [0.29, 0.717) is 0 Å². The molecule has 0 fully saturated rings. The summed E-state index contributed by atoms with van der Waals surface area (Å²) in [6.07, 6.45) is 18.6. The van der Waals surface area contributed by atoms with Gasteiger partial charge in [-0.25, -0.2) is 9.97 Å². The highest BCUT2D eigenvalue weighted by Crippen LogP contribution is 2.38. The van der Waals surface area contributed by atoms with Crippen molar-refractivity contribution < 1.29 is 4.74 Å². The summed E-state index contributed by atoms with van der Waals surface area (Å²) in [5.74, 6) is 1.88. The molecule has 7 aromatic rings. The minimum atomic E-state index is 0.724. The summed E-state index contributed by atoms with van der Waals surface area (Å²) in [5, 5.41) is 0. The van der Waals surface area contributed by atoms with Crippen LogP contribution in [0.5, 0.6) is 5.75 Å². The third-order valence-corrected chi connectivity index (χ3v) is 11.7. The Hall–Kier alpha value is -6.37. The largest absolute Gasteiger partial charge is 0.494 e. The number of hydrogen-bond donors (Lipinski definition) is 3. The quantitative estimate of drug-likeness (QED) is 0.0714. The van der Waals surface area contributed by atoms with E-state index in [1.165, 1.54) is 44.9 Å². The van der Waals surface area contributed by atoms with E-state index >= 15 is 0 Å². The van der Waals surface area contributed by atoms with Crippen molar-refractivity contribution in [3.8, 4) is 50.3 Å². The first kappa shape index (κ1) is 39.1. The maximum atomic E-state index is 6.25. The molecule has 2 aliphatic rings. The maximum absolute atomic E-state index is 6.25. The number of ether oxygens (including phenoxy) is 1. The molecule has 6 heteroatoms. The number of H-pyrrole nitrogens is 2. The predicted molar refractivity (Wildman–Crippen MR) is 257 cm³/mol. The van der Waals surface area contributed by atoms with E-state index in [2.05, 4.69) is 186 Å². The summed E-state index contributed by atoms with van der Waals surface area (Å²) in [7, 11) is 0. The van der Waals surface area contributed by atoms with Gasteiger partial charge in [-0.3, -0.25) is 0 Å². The maximum Gasteiger partial charge on any atom is 0.119 e. The van der Waals surface area contributed by atoms with Crippen LogP contribution in [0.1, 0.15) is 74.1 Å². The van der Waals surface area contributed by atoms with Crippen molar-refractivity contribution in [3.05, 3.63) is 162 Å². The van der Waals surface area contributed by atoms with Gasteiger partial charge in [0.1, 0.15) is 5.75 Å². The van der Waals surface area contributed by atoms with Gasteiger partial charge in [-0.05, 0) is 102 Å². The number of benzene rings is 4. The number of thiol groups is 1. The zero-order valence-electron chi connectivity index (χ0n) is 33.9. The van der Waals surface area contributed by atoms with Crippen LogP contribution in [0.3, 0.4) is 0 Å². The Morgan fingerprint density at radius 3 is 1.07 bits per heavy atom. The van der Waals surface area contributed by atoms with Crippen molar-refractivity contribution in [2.24, 2.45) is 0 Å². The van der Waals surface area contributed by atoms with Gasteiger partial charge in [-0.1, -0.05) is 142 Å². The number of hydrogen-bond acceptors (Lipinski definition) is 4. The molecule has 0 radical (unpaired) electrons. The molecule has 4 aromatic carbocycles. The fourth-order valence-corrected chi connectivity index (χ4v) is 8.64. The minimum absolute atomic E-state index is 0.724. The molecule has 0 atom stereocenters. The van der Waals surface area contributed by atoms with Crippen molar-refractivity contribution >= 4 is 59.0 Å². The van der Waals surface area contributed by atoms with Gasteiger partial charge in [0, 0.05) is 44.3 Å². The molecule has 0 unspecified atom stereocenters. The molecule has 0 aliphatic carbocycles. The Kier molecular flexibility index (Phi) is 12.2. The zero-order chi connectivity index (χ0) is 40.5. The lowest BCUT2D eigenvalue weighted by molar-refractivity contribution is 0.304. The highest BCUT2D eigenvalue weighted by atomic mass is 32.1. The molecular formula is C54H50N4OS. The van der Waals surface area contributed by atoms with Crippen molar-refractivity contribution in [1.29, 1.82) is 0 Å². The van der Waals surface area contributed by atoms with Crippen LogP contribution in [0.4, 0.5) is 0 Å². The van der Waals surface area contributed by atoms with Crippen LogP contribution < -0.4 is 4.74 Å². The predicted octanol–water partition coefficient (Wildman–Crippen LogP) is 14.8. The number of nitrogens with one attached hydrogen (secondary N) is 2. The number of aromatic nitrogens is 4. The first-order chi connectivity index (χ1) is 29.7. The second-order valence-electron chi connectivity index (χ2n) is 15.5. The lowest BCUT2D eigenvalue weighted by atomic mass is 10.0. The monoisotopic (exact) mass is 802 g/mol. The van der Waals surface area contributed by atoms with Gasteiger partial charge >= 0.3 is 0 Å². The van der Waals surface area contributed by atoms with E-state index in [4.69, 9.17) is 14.7 Å². The van der Waals surface area contributed by atoms with E-state index in [1.807, 2.05) is 0 Å². The van der Waals surface area contributed by atoms with Gasteiger partial charge in [0.25, 0.3) is 0 Å². The number of rotatable bonds is 15. The Labute approximate surface area is 358 Å². The standard InChI is InChI=1S/C54H50N4OS/c60-37-17-6-4-2-1-3-5-16-36-59-42-26-24-41(25-27-42)54-49-34-32-47(57-49)52(39-20-12-8-13-21-39)45-30-28-43(55-45)51(38-18-10-7-11-19-38)44-29-31-46(56-44)53(40-22-14-9-15-23-40)48-33-35-50(54)58-48/h7-15,18-35,55,58,60H,1-6,16-17,36-37H2. The summed E-state index contributed by atoms with van der Waals surface area (Å²) in [5.41, 5.74) is 15.9. The van der Waals surface area contributed by atoms with Crippen LogP contribution in [0.15, 0.2) is 140 Å². The van der Waals surface area contributed by atoms with E-state index in [-0.39, 0.29) is 0 Å². The van der Waals surface area contributed by atoms with Crippen molar-refractivity contribution in [2.75, 3.05) is 12.4 Å². The van der Waals surface area contributed by atoms with Gasteiger partial charge < -0.3 is 14.7 Å². The third-order valence-electron chi connectivity index (χ3n) is 11.4. The molecule has 2 aliphatic heterocycles. The van der Waals surface area contributed by atoms with Gasteiger partial charge in [0.15, 0.2) is 0 Å². The molecule has 0 spiro atoms. The van der Waals surface area contributed by atoms with E-state index in [1.54, 1.807) is 0 Å². The van der Waals surface area contributed by atoms with Crippen molar-refractivity contribution in [1.82, 2.24) is 19.9 Å². The van der Waals surface area contributed by atoms with Crippen LogP contribution in [0.2, 0.25) is 0 Å². The second kappa shape index (κ2) is 18.7. The molecule has 0 amide bonds. The van der Waals surface area contributed by atoms with Crippen molar-refractivity contribution in [3.63, 3.8) is 0 Å². The molecule has 60 heavy (non-hydrogen) atoms. The van der Waals surface area contributed by atoms with Crippen LogP contribution in [0.25, 0.3) is 90.9 Å². The Morgan fingerprint density at radius 1 is 0.367 bits per heavy atom. The van der Waals surface area contributed by atoms with Gasteiger partial charge in [-0.15, -0.1) is 0 Å². The van der Waals surface area contributed by atoms with Gasteiger partial charge in [0.05, 0.1) is 29.4 Å². The average Bonchev–Trinajstić information content (AvgIpc) is 4.14. The summed E-state index contributed by atoms with van der Waals surface area (Å²) in [4.78, 5) is 18.5. The highest BCUT2D eigenvalue weighted by molar-refractivity contribution is 7.80. The molecule has 2 N–H and O–H groups in total. The SMILES string of the molecule is SCCCCCCCCCCOc1ccc(-c2c3nc(c(-c4ccccc4)c4ccc([nH]4)c(-c4ccccc4)c4nc(c(-c5ccccc5)c5ccc2[nH]5)C=C4)C=C3)cc1. The first-order valence-electron chi connectivity index (χ1n) is 21.4. The molecule has 5 heterocycles. The van der Waals surface area contributed by atoms with Crippen LogP contribution in [-0.4, -0.2) is 32.3 Å². The minimum Gasteiger partial charge on any atom is -0.494 e. The zero-order valence-corrected chi connectivity index (χ0v) is 34.8. The van der Waals surface area contributed by atoms with E-state index in [0.717, 1.165) is 114 Å². The molecular weight excluding hydrogens is 753 g/mol. The van der Waals surface area contributed by atoms with Crippen molar-refractivity contribution in [2.45, 2.75) is 51.4 Å². The topological polar surface area (TPSA) is 66.6 Å². The molecule has 5 nitrogen and oxygen atoms in total. The number of aromatic amines is 2. The Morgan fingerprint density at radius 2 is 0.700 bits per heavy atom. The fraction of sp³-hybridized carbons (Fsp3) is 0.185. The van der Waals surface area contributed by atoms with Crippen LogP contribution in [0, 0.1) is 0 Å².